The molecule has 18 heavy (non-hydrogen) atoms. The topological polar surface area (TPSA) is 82.5 Å². The second-order valence-corrected chi connectivity index (χ2v) is 3.88. The summed E-state index contributed by atoms with van der Waals surface area (Å²) in [6.07, 6.45) is 1.37. The smallest absolute Gasteiger partial charge is 0.263 e. The van der Waals surface area contributed by atoms with E-state index in [1.165, 1.54) is 30.5 Å². The summed E-state index contributed by atoms with van der Waals surface area (Å²) in [4.78, 5) is 15.6. The Bertz CT molecular complexity index is 564. The molecule has 3 N–H and O–H groups in total. The number of pyridine rings is 1. The number of carbonyl (C=O) groups is 1. The van der Waals surface area contributed by atoms with Crippen LogP contribution in [0.25, 0.3) is 0 Å². The van der Waals surface area contributed by atoms with Crippen LogP contribution >= 0.6 is 11.6 Å². The van der Waals surface area contributed by atoms with Gasteiger partial charge in [0, 0.05) is 0 Å². The summed E-state index contributed by atoms with van der Waals surface area (Å²) < 4.78 is 0. The van der Waals surface area contributed by atoms with Gasteiger partial charge in [0.05, 0.1) is 11.9 Å². The summed E-state index contributed by atoms with van der Waals surface area (Å²) in [6, 6.07) is 7.14. The maximum Gasteiger partial charge on any atom is 0.263 e. The highest BCUT2D eigenvalue weighted by atomic mass is 35.5. The average molecular weight is 265 g/mol. The van der Waals surface area contributed by atoms with Gasteiger partial charge in [-0.25, -0.2) is 4.98 Å². The van der Waals surface area contributed by atoms with Gasteiger partial charge in [0.15, 0.2) is 0 Å². The van der Waals surface area contributed by atoms with Crippen molar-refractivity contribution in [2.45, 2.75) is 0 Å². The Morgan fingerprint density at radius 3 is 2.39 bits per heavy atom. The van der Waals surface area contributed by atoms with Crippen LogP contribution in [0.4, 0.5) is 5.69 Å². The number of nitrogens with zero attached hydrogens (tertiary/aromatic N) is 1. The van der Waals surface area contributed by atoms with Crippen molar-refractivity contribution in [1.29, 1.82) is 0 Å². The Labute approximate surface area is 108 Å². The lowest BCUT2D eigenvalue weighted by atomic mass is 10.1. The number of carbonyl (C=O) groups excluding carboxylic acids is 1. The number of aromatic nitrogens is 1. The van der Waals surface area contributed by atoms with Crippen molar-refractivity contribution in [2.75, 3.05) is 5.32 Å². The molecule has 1 aromatic heterocycles. The minimum atomic E-state index is -0.630. The first-order valence-electron chi connectivity index (χ1n) is 5.02. The number of anilines is 1. The molecule has 5 nitrogen and oxygen atoms in total. The molecule has 2 aromatic rings. The molecule has 0 aliphatic heterocycles. The fraction of sp³-hybridized carbons (Fsp3) is 0. The van der Waals surface area contributed by atoms with Crippen molar-refractivity contribution in [3.8, 4) is 11.5 Å². The van der Waals surface area contributed by atoms with Crippen molar-refractivity contribution < 1.29 is 15.0 Å². The summed E-state index contributed by atoms with van der Waals surface area (Å²) in [6.45, 7) is 0. The van der Waals surface area contributed by atoms with E-state index in [1.807, 2.05) is 0 Å². The zero-order chi connectivity index (χ0) is 13.1. The van der Waals surface area contributed by atoms with E-state index in [4.69, 9.17) is 11.6 Å². The Morgan fingerprint density at radius 2 is 1.83 bits per heavy atom. The molecule has 0 saturated heterocycles. The third-order valence-electron chi connectivity index (χ3n) is 2.23. The molecule has 1 heterocycles. The predicted octanol–water partition coefficient (Wildman–Crippen LogP) is 2.40. The zero-order valence-electron chi connectivity index (χ0n) is 9.09. The molecule has 0 fully saturated rings. The molecule has 0 aliphatic carbocycles. The molecule has 0 aliphatic rings. The number of benzene rings is 1. The fourth-order valence-electron chi connectivity index (χ4n) is 1.40. The normalized spacial score (nSPS) is 10.1. The van der Waals surface area contributed by atoms with Gasteiger partial charge in [-0.1, -0.05) is 17.7 Å². The lowest BCUT2D eigenvalue weighted by Gasteiger charge is -2.08. The van der Waals surface area contributed by atoms with Gasteiger partial charge in [-0.15, -0.1) is 0 Å². The molecule has 0 radical (unpaired) electrons. The van der Waals surface area contributed by atoms with E-state index >= 15 is 0 Å². The summed E-state index contributed by atoms with van der Waals surface area (Å²) in [5.41, 5.74) is 0.222. The second-order valence-electron chi connectivity index (χ2n) is 3.49. The largest absolute Gasteiger partial charge is 0.507 e. The maximum absolute atomic E-state index is 11.8. The highest BCUT2D eigenvalue weighted by Crippen LogP contribution is 2.27. The van der Waals surface area contributed by atoms with Crippen molar-refractivity contribution in [1.82, 2.24) is 4.98 Å². The van der Waals surface area contributed by atoms with Gasteiger partial charge in [0.2, 0.25) is 0 Å². The van der Waals surface area contributed by atoms with E-state index in [-0.39, 0.29) is 17.1 Å². The van der Waals surface area contributed by atoms with E-state index in [9.17, 15) is 15.0 Å². The molecule has 0 spiro atoms. The fourth-order valence-corrected chi connectivity index (χ4v) is 1.52. The Hall–Kier alpha value is -2.27. The molecular formula is C12H9ClN2O3. The number of phenolic OH excluding ortho intramolecular Hbond substituents is 2. The van der Waals surface area contributed by atoms with Gasteiger partial charge in [-0.3, -0.25) is 4.79 Å². The molecule has 1 aromatic carbocycles. The van der Waals surface area contributed by atoms with Crippen LogP contribution in [-0.4, -0.2) is 21.1 Å². The molecule has 1 amide bonds. The van der Waals surface area contributed by atoms with Gasteiger partial charge < -0.3 is 15.5 Å². The van der Waals surface area contributed by atoms with Crippen LogP contribution in [0.5, 0.6) is 11.5 Å². The number of nitrogens with one attached hydrogen (secondary N) is 1. The van der Waals surface area contributed by atoms with E-state index in [2.05, 4.69) is 10.3 Å². The second kappa shape index (κ2) is 4.93. The first kappa shape index (κ1) is 12.2. The highest BCUT2D eigenvalue weighted by molar-refractivity contribution is 6.29. The molecular weight excluding hydrogens is 256 g/mol. The number of rotatable bonds is 2. The Kier molecular flexibility index (Phi) is 3.34. The Balaban J connectivity index is 2.25. The van der Waals surface area contributed by atoms with Gasteiger partial charge >= 0.3 is 0 Å². The molecule has 0 unspecified atom stereocenters. The lowest BCUT2D eigenvalue weighted by Crippen LogP contribution is -2.12. The Morgan fingerprint density at radius 1 is 1.17 bits per heavy atom. The standard InChI is InChI=1S/C12H9ClN2O3/c13-10-5-4-7(6-14-10)15-12(18)11-8(16)2-1-3-9(11)17/h1-6,16-17H,(H,15,18). The third-order valence-corrected chi connectivity index (χ3v) is 2.46. The van der Waals surface area contributed by atoms with Crippen LogP contribution < -0.4 is 5.32 Å². The van der Waals surface area contributed by atoms with Crippen LogP contribution in [0, 0.1) is 0 Å². The minimum Gasteiger partial charge on any atom is -0.507 e. The number of aromatic hydroxyl groups is 2. The van der Waals surface area contributed by atoms with Crippen LogP contribution in [0.3, 0.4) is 0 Å². The highest BCUT2D eigenvalue weighted by Gasteiger charge is 2.16. The van der Waals surface area contributed by atoms with Gasteiger partial charge in [-0.2, -0.15) is 0 Å². The molecule has 2 rings (SSSR count). The lowest BCUT2D eigenvalue weighted by molar-refractivity contribution is 0.102. The van der Waals surface area contributed by atoms with Gasteiger partial charge in [-0.05, 0) is 24.3 Å². The first-order chi connectivity index (χ1) is 8.58. The summed E-state index contributed by atoms with van der Waals surface area (Å²) in [5, 5.41) is 21.8. The van der Waals surface area contributed by atoms with Crippen LogP contribution in [0.15, 0.2) is 36.5 Å². The SMILES string of the molecule is O=C(Nc1ccc(Cl)nc1)c1c(O)cccc1O. The van der Waals surface area contributed by atoms with Crippen LogP contribution in [0.2, 0.25) is 5.15 Å². The van der Waals surface area contributed by atoms with Gasteiger partial charge in [0.1, 0.15) is 22.2 Å². The monoisotopic (exact) mass is 264 g/mol. The van der Waals surface area contributed by atoms with E-state index in [0.717, 1.165) is 0 Å². The summed E-state index contributed by atoms with van der Waals surface area (Å²) >= 11 is 5.61. The summed E-state index contributed by atoms with van der Waals surface area (Å²) in [5.74, 6) is -1.22. The molecule has 0 saturated carbocycles. The number of amides is 1. The molecule has 0 atom stereocenters. The van der Waals surface area contributed by atoms with Crippen molar-refractivity contribution in [2.24, 2.45) is 0 Å². The summed E-state index contributed by atoms with van der Waals surface area (Å²) in [7, 11) is 0. The number of halogens is 1. The third kappa shape index (κ3) is 2.52. The number of hydrogen-bond acceptors (Lipinski definition) is 4. The average Bonchev–Trinajstić information content (AvgIpc) is 2.32. The van der Waals surface area contributed by atoms with Crippen LogP contribution in [-0.2, 0) is 0 Å². The number of phenols is 2. The van der Waals surface area contributed by atoms with E-state index < -0.39 is 5.91 Å². The van der Waals surface area contributed by atoms with E-state index in [1.54, 1.807) is 6.07 Å². The van der Waals surface area contributed by atoms with Crippen molar-refractivity contribution >= 4 is 23.2 Å². The van der Waals surface area contributed by atoms with Gasteiger partial charge in [0.25, 0.3) is 5.91 Å². The van der Waals surface area contributed by atoms with Crippen molar-refractivity contribution in [3.05, 3.63) is 47.2 Å². The van der Waals surface area contributed by atoms with Crippen molar-refractivity contribution in [3.63, 3.8) is 0 Å². The molecule has 6 heteroatoms. The predicted molar refractivity (Wildman–Crippen MR) is 67.0 cm³/mol. The first-order valence-corrected chi connectivity index (χ1v) is 5.39. The zero-order valence-corrected chi connectivity index (χ0v) is 9.85. The quantitative estimate of drug-likeness (QED) is 0.728. The maximum atomic E-state index is 11.8. The van der Waals surface area contributed by atoms with Crippen LogP contribution in [0.1, 0.15) is 10.4 Å². The minimum absolute atomic E-state index is 0.188. The number of hydrogen-bond donors (Lipinski definition) is 3. The molecule has 92 valence electrons. The van der Waals surface area contributed by atoms with E-state index in [0.29, 0.717) is 10.8 Å². The molecule has 0 bridgehead atoms.